The predicted molar refractivity (Wildman–Crippen MR) is 90.4 cm³/mol. The quantitative estimate of drug-likeness (QED) is 0.278. The molecule has 0 rings (SSSR count). The molecule has 2 radical (unpaired) electrons. The summed E-state index contributed by atoms with van der Waals surface area (Å²) in [7, 11) is 0. The molecule has 0 spiro atoms. The third kappa shape index (κ3) is 27.8. The van der Waals surface area contributed by atoms with Crippen LogP contribution >= 0.6 is 0 Å². The van der Waals surface area contributed by atoms with E-state index in [4.69, 9.17) is 4.74 Å². The van der Waals surface area contributed by atoms with Gasteiger partial charge in [-0.1, -0.05) is 52.4 Å². The molecule has 0 aromatic heterocycles. The summed E-state index contributed by atoms with van der Waals surface area (Å²) in [5.41, 5.74) is 0. The van der Waals surface area contributed by atoms with Gasteiger partial charge in [-0.25, -0.2) is 0 Å². The van der Waals surface area contributed by atoms with Gasteiger partial charge < -0.3 is 4.74 Å². The summed E-state index contributed by atoms with van der Waals surface area (Å²) in [5.74, 6) is 0. The van der Waals surface area contributed by atoms with Gasteiger partial charge in [0.05, 0.1) is 0 Å². The summed E-state index contributed by atoms with van der Waals surface area (Å²) in [4.78, 5) is 2.40. The van der Waals surface area contributed by atoms with Crippen LogP contribution in [0.25, 0.3) is 0 Å². The summed E-state index contributed by atoms with van der Waals surface area (Å²) in [5, 5.41) is 0. The van der Waals surface area contributed by atoms with Gasteiger partial charge in [0.1, 0.15) is 0 Å². The summed E-state index contributed by atoms with van der Waals surface area (Å²) in [6.45, 7) is 8.70. The molecule has 0 saturated heterocycles. The van der Waals surface area contributed by atoms with E-state index in [-0.39, 0.29) is 21.1 Å². The van der Waals surface area contributed by atoms with Gasteiger partial charge >= 0.3 is 50.3 Å². The van der Waals surface area contributed by atoms with Crippen molar-refractivity contribution in [3.05, 3.63) is 0 Å². The molecule has 19 heavy (non-hydrogen) atoms. The van der Waals surface area contributed by atoms with Crippen molar-refractivity contribution in [3.63, 3.8) is 0 Å². The number of rotatable bonds is 13. The van der Waals surface area contributed by atoms with E-state index in [9.17, 15) is 0 Å². The molecule has 0 aliphatic heterocycles. The molecular weight excluding hydrogens is 339 g/mol. The third-order valence-electron chi connectivity index (χ3n) is 3.06. The number of hydrogen-bond acceptors (Lipinski definition) is 1. The van der Waals surface area contributed by atoms with Crippen LogP contribution in [0.3, 0.4) is 0 Å². The fourth-order valence-electron chi connectivity index (χ4n) is 1.72. The normalized spacial score (nSPS) is 10.1. The second kappa shape index (κ2) is 23.8. The zero-order valence-electron chi connectivity index (χ0n) is 14.1. The second-order valence-corrected chi connectivity index (χ2v) is 8.64. The fraction of sp³-hybridized carbons (Fsp3) is 1.00. The van der Waals surface area contributed by atoms with Crippen LogP contribution in [0.15, 0.2) is 0 Å². The Labute approximate surface area is 133 Å². The Morgan fingerprint density at radius 2 is 1.11 bits per heavy atom. The Morgan fingerprint density at radius 3 is 1.42 bits per heavy atom. The van der Waals surface area contributed by atoms with Crippen molar-refractivity contribution in [3.8, 4) is 0 Å². The molecule has 0 heterocycles. The maximum absolute atomic E-state index is 5.53. The van der Waals surface area contributed by atoms with Crippen LogP contribution in [0.5, 0.6) is 0 Å². The van der Waals surface area contributed by atoms with Crippen LogP contribution in [0.2, 0.25) is 9.38 Å². The van der Waals surface area contributed by atoms with Gasteiger partial charge in [-0.05, 0) is 12.8 Å². The van der Waals surface area contributed by atoms with E-state index < -0.39 is 0 Å². The van der Waals surface area contributed by atoms with Crippen LogP contribution < -0.4 is 0 Å². The van der Waals surface area contributed by atoms with Crippen LogP contribution in [0.1, 0.15) is 85.0 Å². The number of unbranched alkanes of at least 4 members (excludes halogenated alkanes) is 7. The van der Waals surface area contributed by atoms with Crippen molar-refractivity contribution >= 4 is 21.1 Å². The summed E-state index contributed by atoms with van der Waals surface area (Å²) in [6, 6.07) is 0. The first-order chi connectivity index (χ1) is 9.33. The molecule has 0 N–H and O–H groups in total. The minimum atomic E-state index is 0.190. The third-order valence-corrected chi connectivity index (χ3v) is 5.50. The van der Waals surface area contributed by atoms with E-state index in [0.29, 0.717) is 0 Å². The van der Waals surface area contributed by atoms with E-state index in [0.717, 1.165) is 13.2 Å². The summed E-state index contributed by atoms with van der Waals surface area (Å²) >= 11 is 0.190. The molecule has 0 aliphatic carbocycles. The SMILES string of the molecule is CCCCCCOCCCCCC.CCC[CH2][Sn][CH3]. The fourth-order valence-corrected chi connectivity index (χ4v) is 3.74. The molecule has 0 aromatic rings. The van der Waals surface area contributed by atoms with Crippen molar-refractivity contribution < 1.29 is 4.74 Å². The first-order valence-electron chi connectivity index (χ1n) is 8.55. The standard InChI is InChI=1S/C12H26O.C4H9.CH3.Sn/c1-3-5-7-9-11-13-12-10-8-6-4-2;1-3-4-2;;/h3-12H2,1-2H3;1,3-4H2,2H3;1H3;. The van der Waals surface area contributed by atoms with Gasteiger partial charge in [0.15, 0.2) is 0 Å². The Morgan fingerprint density at radius 1 is 0.632 bits per heavy atom. The molecule has 0 saturated carbocycles. The van der Waals surface area contributed by atoms with Crippen molar-refractivity contribution in [2.24, 2.45) is 0 Å². The molecule has 2 heteroatoms. The number of ether oxygens (including phenoxy) is 1. The van der Waals surface area contributed by atoms with Gasteiger partial charge in [0.2, 0.25) is 0 Å². The Bertz CT molecular complexity index is 114. The Balaban J connectivity index is 0. The molecule has 0 atom stereocenters. The van der Waals surface area contributed by atoms with Crippen LogP contribution in [0, 0.1) is 0 Å². The van der Waals surface area contributed by atoms with E-state index in [2.05, 4.69) is 25.7 Å². The average Bonchev–Trinajstić information content (AvgIpc) is 2.44. The zero-order valence-corrected chi connectivity index (χ0v) is 17.0. The number of hydrogen-bond donors (Lipinski definition) is 0. The van der Waals surface area contributed by atoms with Gasteiger partial charge in [-0.3, -0.25) is 0 Å². The Kier molecular flexibility index (Phi) is 27.6. The van der Waals surface area contributed by atoms with Crippen LogP contribution in [0.4, 0.5) is 0 Å². The summed E-state index contributed by atoms with van der Waals surface area (Å²) in [6.07, 6.45) is 13.4. The minimum absolute atomic E-state index is 0.190. The van der Waals surface area contributed by atoms with Gasteiger partial charge in [-0.15, -0.1) is 0 Å². The van der Waals surface area contributed by atoms with Crippen LogP contribution in [-0.4, -0.2) is 34.4 Å². The topological polar surface area (TPSA) is 9.23 Å². The van der Waals surface area contributed by atoms with Gasteiger partial charge in [-0.2, -0.15) is 0 Å². The van der Waals surface area contributed by atoms with E-state index in [1.54, 1.807) is 4.44 Å². The molecule has 0 bridgehead atoms. The van der Waals surface area contributed by atoms with Gasteiger partial charge in [0, 0.05) is 13.2 Å². The first kappa shape index (κ1) is 22.0. The monoisotopic (exact) mass is 378 g/mol. The second-order valence-electron chi connectivity index (χ2n) is 5.19. The Hall–Kier alpha value is 0.759. The van der Waals surface area contributed by atoms with Crippen LogP contribution in [-0.2, 0) is 4.74 Å². The van der Waals surface area contributed by atoms with E-state index in [1.165, 1.54) is 64.2 Å². The van der Waals surface area contributed by atoms with Crippen molar-refractivity contribution in [2.45, 2.75) is 94.4 Å². The zero-order chi connectivity index (χ0) is 14.6. The van der Waals surface area contributed by atoms with Crippen molar-refractivity contribution in [2.75, 3.05) is 13.2 Å². The molecular formula is C17H38OSn. The molecule has 1 nitrogen and oxygen atoms in total. The van der Waals surface area contributed by atoms with Crippen molar-refractivity contribution in [1.29, 1.82) is 0 Å². The van der Waals surface area contributed by atoms with E-state index in [1.807, 2.05) is 0 Å². The molecule has 0 amide bonds. The average molecular weight is 377 g/mol. The van der Waals surface area contributed by atoms with Crippen molar-refractivity contribution in [1.82, 2.24) is 0 Å². The first-order valence-corrected chi connectivity index (χ1v) is 13.4. The maximum atomic E-state index is 5.53. The van der Waals surface area contributed by atoms with Gasteiger partial charge in [0.25, 0.3) is 0 Å². The predicted octanol–water partition coefficient (Wildman–Crippen LogP) is 6.12. The molecule has 0 unspecified atom stereocenters. The molecule has 116 valence electrons. The summed E-state index contributed by atoms with van der Waals surface area (Å²) < 4.78 is 7.11. The molecule has 0 aromatic carbocycles. The molecule has 0 fully saturated rings. The van der Waals surface area contributed by atoms with E-state index >= 15 is 0 Å². The molecule has 0 aliphatic rings.